The van der Waals surface area contributed by atoms with E-state index < -0.39 is 5.97 Å². The highest BCUT2D eigenvalue weighted by atomic mass is 16.4. The number of carboxylic acids is 1. The predicted octanol–water partition coefficient (Wildman–Crippen LogP) is 3.32. The fraction of sp³-hybridized carbons (Fsp3) is 0.600. The molecule has 1 aliphatic rings. The molecule has 1 aliphatic carbocycles. The Kier molecular flexibility index (Phi) is 4.00. The van der Waals surface area contributed by atoms with Gasteiger partial charge in [0.2, 0.25) is 0 Å². The first kappa shape index (κ1) is 13.1. The van der Waals surface area contributed by atoms with E-state index in [1.54, 1.807) is 6.20 Å². The zero-order valence-electron chi connectivity index (χ0n) is 11.0. The third-order valence-corrected chi connectivity index (χ3v) is 4.01. The Morgan fingerprint density at radius 2 is 1.94 bits per heavy atom. The van der Waals surface area contributed by atoms with Crippen molar-refractivity contribution in [2.75, 3.05) is 0 Å². The molecule has 0 bridgehead atoms. The van der Waals surface area contributed by atoms with E-state index in [0.29, 0.717) is 0 Å². The summed E-state index contributed by atoms with van der Waals surface area (Å²) >= 11 is 0. The van der Waals surface area contributed by atoms with Gasteiger partial charge in [0.05, 0.1) is 6.42 Å². The van der Waals surface area contributed by atoms with Crippen molar-refractivity contribution in [1.82, 2.24) is 4.98 Å². The Bertz CT molecular complexity index is 403. The number of aliphatic carboxylic acids is 1. The molecule has 0 unspecified atom stereocenters. The number of hydrogen-bond acceptors (Lipinski definition) is 2. The summed E-state index contributed by atoms with van der Waals surface area (Å²) in [6, 6.07) is 3.93. The highest BCUT2D eigenvalue weighted by molar-refractivity contribution is 5.69. The fourth-order valence-corrected chi connectivity index (χ4v) is 2.83. The van der Waals surface area contributed by atoms with Crippen molar-refractivity contribution in [3.8, 4) is 0 Å². The summed E-state index contributed by atoms with van der Waals surface area (Å²) < 4.78 is 0. The normalized spacial score (nSPS) is 19.2. The highest BCUT2D eigenvalue weighted by Crippen LogP contribution is 2.36. The van der Waals surface area contributed by atoms with Crippen LogP contribution in [0.25, 0.3) is 0 Å². The van der Waals surface area contributed by atoms with Gasteiger partial charge in [-0.1, -0.05) is 38.7 Å². The monoisotopic (exact) mass is 247 g/mol. The summed E-state index contributed by atoms with van der Waals surface area (Å²) in [6.07, 6.45) is 9.36. The van der Waals surface area contributed by atoms with Gasteiger partial charge in [-0.2, -0.15) is 0 Å². The van der Waals surface area contributed by atoms with Gasteiger partial charge in [0.15, 0.2) is 0 Å². The van der Waals surface area contributed by atoms with Crippen LogP contribution in [0.3, 0.4) is 0 Å². The molecule has 0 amide bonds. The lowest BCUT2D eigenvalue weighted by Gasteiger charge is -2.27. The highest BCUT2D eigenvalue weighted by Gasteiger charge is 2.28. The number of pyridine rings is 1. The van der Waals surface area contributed by atoms with Crippen LogP contribution in [0, 0.1) is 0 Å². The predicted molar refractivity (Wildman–Crippen MR) is 70.6 cm³/mol. The van der Waals surface area contributed by atoms with E-state index in [1.165, 1.54) is 38.5 Å². The minimum Gasteiger partial charge on any atom is -0.481 e. The van der Waals surface area contributed by atoms with Crippen LogP contribution < -0.4 is 0 Å². The van der Waals surface area contributed by atoms with Crippen molar-refractivity contribution in [2.24, 2.45) is 0 Å². The Morgan fingerprint density at radius 3 is 2.44 bits per heavy atom. The molecule has 3 nitrogen and oxygen atoms in total. The van der Waals surface area contributed by atoms with Crippen LogP contribution >= 0.6 is 0 Å². The quantitative estimate of drug-likeness (QED) is 0.833. The summed E-state index contributed by atoms with van der Waals surface area (Å²) in [5.74, 6) is -0.801. The number of nitrogens with zero attached hydrogens (tertiary/aromatic N) is 1. The summed E-state index contributed by atoms with van der Waals surface area (Å²) in [5, 5.41) is 8.75. The molecule has 0 saturated heterocycles. The lowest BCUT2D eigenvalue weighted by molar-refractivity contribution is -0.136. The average Bonchev–Trinajstić information content (AvgIpc) is 2.55. The minimum atomic E-state index is -0.801. The maximum Gasteiger partial charge on any atom is 0.307 e. The second kappa shape index (κ2) is 5.51. The average molecular weight is 247 g/mol. The maximum absolute atomic E-state index is 10.6. The molecule has 0 aromatic carbocycles. The molecule has 1 aromatic heterocycles. The van der Waals surface area contributed by atoms with E-state index in [2.05, 4.69) is 11.9 Å². The molecule has 0 radical (unpaired) electrons. The number of aromatic nitrogens is 1. The van der Waals surface area contributed by atoms with E-state index in [0.717, 1.165) is 11.3 Å². The summed E-state index contributed by atoms with van der Waals surface area (Å²) in [7, 11) is 0. The van der Waals surface area contributed by atoms with E-state index in [4.69, 9.17) is 5.11 Å². The van der Waals surface area contributed by atoms with E-state index in [9.17, 15) is 4.79 Å². The van der Waals surface area contributed by atoms with Crippen molar-refractivity contribution in [3.05, 3.63) is 29.6 Å². The van der Waals surface area contributed by atoms with E-state index in [-0.39, 0.29) is 11.8 Å². The summed E-state index contributed by atoms with van der Waals surface area (Å²) in [5.41, 5.74) is 2.08. The van der Waals surface area contributed by atoms with Crippen molar-refractivity contribution < 1.29 is 9.90 Å². The lowest BCUT2D eigenvalue weighted by Crippen LogP contribution is -2.22. The molecule has 0 spiro atoms. The van der Waals surface area contributed by atoms with Crippen molar-refractivity contribution in [3.63, 3.8) is 0 Å². The minimum absolute atomic E-state index is 0.0595. The van der Waals surface area contributed by atoms with Crippen molar-refractivity contribution in [2.45, 2.75) is 57.3 Å². The first-order chi connectivity index (χ1) is 8.60. The fourth-order valence-electron chi connectivity index (χ4n) is 2.83. The second-order valence-corrected chi connectivity index (χ2v) is 5.60. The largest absolute Gasteiger partial charge is 0.481 e. The van der Waals surface area contributed by atoms with Crippen LogP contribution in [-0.2, 0) is 16.6 Å². The number of carbonyl (C=O) groups is 1. The Labute approximate surface area is 108 Å². The second-order valence-electron chi connectivity index (χ2n) is 5.60. The Hall–Kier alpha value is -1.38. The van der Waals surface area contributed by atoms with Gasteiger partial charge in [-0.05, 0) is 24.5 Å². The standard InChI is InChI=1S/C15H21NO2/c1-15(8-4-2-3-5-9-15)13-7-6-12(11-16-13)10-14(17)18/h6-7,11H,2-5,8-10H2,1H3,(H,17,18). The molecule has 1 heterocycles. The number of carboxylic acid groups (broad SMARTS) is 1. The van der Waals surface area contributed by atoms with Gasteiger partial charge < -0.3 is 5.11 Å². The molecule has 3 heteroatoms. The van der Waals surface area contributed by atoms with Crippen LogP contribution in [0.5, 0.6) is 0 Å². The zero-order valence-corrected chi connectivity index (χ0v) is 11.0. The van der Waals surface area contributed by atoms with E-state index >= 15 is 0 Å². The van der Waals surface area contributed by atoms with Crippen LogP contribution in [-0.4, -0.2) is 16.1 Å². The third kappa shape index (κ3) is 3.09. The van der Waals surface area contributed by atoms with Gasteiger partial charge in [0.1, 0.15) is 0 Å². The van der Waals surface area contributed by atoms with Crippen LogP contribution in [0.15, 0.2) is 18.3 Å². The van der Waals surface area contributed by atoms with Gasteiger partial charge in [0.25, 0.3) is 0 Å². The smallest absolute Gasteiger partial charge is 0.307 e. The van der Waals surface area contributed by atoms with Gasteiger partial charge in [-0.25, -0.2) is 0 Å². The molecule has 98 valence electrons. The SMILES string of the molecule is CC1(c2ccc(CC(=O)O)cn2)CCCCCC1. The molecule has 18 heavy (non-hydrogen) atoms. The zero-order chi connectivity index (χ0) is 13.0. The van der Waals surface area contributed by atoms with Gasteiger partial charge in [0, 0.05) is 17.3 Å². The lowest BCUT2D eigenvalue weighted by atomic mass is 9.79. The maximum atomic E-state index is 10.6. The van der Waals surface area contributed by atoms with Gasteiger partial charge in [-0.15, -0.1) is 0 Å². The molecular formula is C15H21NO2. The van der Waals surface area contributed by atoms with E-state index in [1.807, 2.05) is 12.1 Å². The molecule has 1 aromatic rings. The van der Waals surface area contributed by atoms with Crippen molar-refractivity contribution in [1.29, 1.82) is 0 Å². The molecule has 1 saturated carbocycles. The van der Waals surface area contributed by atoms with Crippen LogP contribution in [0.4, 0.5) is 0 Å². The molecule has 1 fully saturated rings. The number of hydrogen-bond donors (Lipinski definition) is 1. The summed E-state index contributed by atoms with van der Waals surface area (Å²) in [4.78, 5) is 15.1. The molecule has 0 aliphatic heterocycles. The van der Waals surface area contributed by atoms with Gasteiger partial charge in [-0.3, -0.25) is 9.78 Å². The molecule has 0 atom stereocenters. The van der Waals surface area contributed by atoms with Crippen LogP contribution in [0.2, 0.25) is 0 Å². The van der Waals surface area contributed by atoms with Gasteiger partial charge >= 0.3 is 5.97 Å². The van der Waals surface area contributed by atoms with Crippen molar-refractivity contribution >= 4 is 5.97 Å². The molecule has 1 N–H and O–H groups in total. The van der Waals surface area contributed by atoms with Crippen LogP contribution in [0.1, 0.15) is 56.7 Å². The Balaban J connectivity index is 2.14. The third-order valence-electron chi connectivity index (χ3n) is 4.01. The molecular weight excluding hydrogens is 226 g/mol. The first-order valence-electron chi connectivity index (χ1n) is 6.77. The summed E-state index contributed by atoms with van der Waals surface area (Å²) in [6.45, 7) is 2.29. The molecule has 2 rings (SSSR count). The first-order valence-corrected chi connectivity index (χ1v) is 6.77. The topological polar surface area (TPSA) is 50.2 Å². The number of rotatable bonds is 3. The Morgan fingerprint density at radius 1 is 1.28 bits per heavy atom.